The van der Waals surface area contributed by atoms with E-state index in [1.807, 2.05) is 0 Å². The molecule has 0 aromatic carbocycles. The standard InChI is InChI=1S/C12H26N2O/c1-10(2)12(9-15-3)14-11-5-4-7-13-8-6-11/h10-14H,4-9H2,1-3H3. The van der Waals surface area contributed by atoms with Crippen molar-refractivity contribution in [3.8, 4) is 0 Å². The summed E-state index contributed by atoms with van der Waals surface area (Å²) in [5.74, 6) is 0.640. The lowest BCUT2D eigenvalue weighted by Crippen LogP contribution is -2.44. The summed E-state index contributed by atoms with van der Waals surface area (Å²) in [4.78, 5) is 0. The van der Waals surface area contributed by atoms with Crippen LogP contribution in [0.15, 0.2) is 0 Å². The summed E-state index contributed by atoms with van der Waals surface area (Å²) in [6, 6.07) is 1.17. The Morgan fingerprint density at radius 3 is 2.80 bits per heavy atom. The third kappa shape index (κ3) is 4.96. The van der Waals surface area contributed by atoms with E-state index in [-0.39, 0.29) is 0 Å². The van der Waals surface area contributed by atoms with E-state index in [9.17, 15) is 0 Å². The molecule has 1 saturated heterocycles. The summed E-state index contributed by atoms with van der Waals surface area (Å²) in [7, 11) is 1.78. The van der Waals surface area contributed by atoms with Gasteiger partial charge in [0.25, 0.3) is 0 Å². The highest BCUT2D eigenvalue weighted by molar-refractivity contribution is 4.79. The van der Waals surface area contributed by atoms with Gasteiger partial charge in [-0.05, 0) is 38.3 Å². The summed E-state index contributed by atoms with van der Waals surface area (Å²) in [6.07, 6.45) is 3.82. The van der Waals surface area contributed by atoms with Crippen LogP contribution in [0.4, 0.5) is 0 Å². The average Bonchev–Trinajstić information content (AvgIpc) is 2.45. The van der Waals surface area contributed by atoms with E-state index in [2.05, 4.69) is 24.5 Å². The van der Waals surface area contributed by atoms with Crippen molar-refractivity contribution in [2.45, 2.75) is 45.2 Å². The van der Waals surface area contributed by atoms with Crippen LogP contribution >= 0.6 is 0 Å². The van der Waals surface area contributed by atoms with Crippen LogP contribution in [0.1, 0.15) is 33.1 Å². The number of rotatable bonds is 5. The first-order chi connectivity index (χ1) is 7.24. The van der Waals surface area contributed by atoms with Crippen molar-refractivity contribution >= 4 is 0 Å². The predicted molar refractivity (Wildman–Crippen MR) is 64.1 cm³/mol. The van der Waals surface area contributed by atoms with Gasteiger partial charge in [0, 0.05) is 19.2 Å². The molecule has 1 aliphatic rings. The molecule has 0 amide bonds. The molecule has 1 aliphatic heterocycles. The van der Waals surface area contributed by atoms with Crippen molar-refractivity contribution in [1.29, 1.82) is 0 Å². The third-order valence-corrected chi connectivity index (χ3v) is 3.18. The SMILES string of the molecule is COCC(NC1CCCNCC1)C(C)C. The number of hydrogen-bond donors (Lipinski definition) is 2. The maximum absolute atomic E-state index is 5.26. The second-order valence-corrected chi connectivity index (χ2v) is 4.85. The molecule has 90 valence electrons. The molecule has 0 aliphatic carbocycles. The van der Waals surface area contributed by atoms with Crippen LogP contribution in [-0.4, -0.2) is 38.9 Å². The van der Waals surface area contributed by atoms with E-state index < -0.39 is 0 Å². The number of methoxy groups -OCH3 is 1. The van der Waals surface area contributed by atoms with E-state index >= 15 is 0 Å². The van der Waals surface area contributed by atoms with Crippen molar-refractivity contribution in [3.05, 3.63) is 0 Å². The molecule has 1 heterocycles. The first kappa shape index (κ1) is 12.9. The molecule has 2 unspecified atom stereocenters. The molecular formula is C12H26N2O. The molecule has 2 atom stereocenters. The lowest BCUT2D eigenvalue weighted by atomic mass is 10.0. The maximum Gasteiger partial charge on any atom is 0.0618 e. The van der Waals surface area contributed by atoms with E-state index in [4.69, 9.17) is 4.74 Å². The Kier molecular flexibility index (Phi) is 6.22. The number of ether oxygens (including phenoxy) is 1. The molecule has 0 radical (unpaired) electrons. The third-order valence-electron chi connectivity index (χ3n) is 3.18. The van der Waals surface area contributed by atoms with Crippen LogP contribution in [0.2, 0.25) is 0 Å². The molecule has 15 heavy (non-hydrogen) atoms. The van der Waals surface area contributed by atoms with Crippen LogP contribution in [0, 0.1) is 5.92 Å². The Bertz CT molecular complexity index is 154. The molecule has 3 nitrogen and oxygen atoms in total. The Morgan fingerprint density at radius 2 is 2.13 bits per heavy atom. The maximum atomic E-state index is 5.26. The van der Waals surface area contributed by atoms with Gasteiger partial charge < -0.3 is 15.4 Å². The van der Waals surface area contributed by atoms with E-state index in [1.54, 1.807) is 7.11 Å². The van der Waals surface area contributed by atoms with Crippen molar-refractivity contribution in [2.24, 2.45) is 5.92 Å². The Morgan fingerprint density at radius 1 is 1.33 bits per heavy atom. The molecule has 0 bridgehead atoms. The van der Waals surface area contributed by atoms with Gasteiger partial charge in [0.1, 0.15) is 0 Å². The largest absolute Gasteiger partial charge is 0.383 e. The fraction of sp³-hybridized carbons (Fsp3) is 1.00. The topological polar surface area (TPSA) is 33.3 Å². The summed E-state index contributed by atoms with van der Waals surface area (Å²) in [6.45, 7) is 7.66. The van der Waals surface area contributed by atoms with Gasteiger partial charge in [-0.15, -0.1) is 0 Å². The monoisotopic (exact) mass is 214 g/mol. The molecule has 0 aromatic rings. The lowest BCUT2D eigenvalue weighted by Gasteiger charge is -2.27. The van der Waals surface area contributed by atoms with Gasteiger partial charge >= 0.3 is 0 Å². The minimum atomic E-state index is 0.498. The van der Waals surface area contributed by atoms with Gasteiger partial charge in [-0.25, -0.2) is 0 Å². The highest BCUT2D eigenvalue weighted by Gasteiger charge is 2.18. The summed E-state index contributed by atoms with van der Waals surface area (Å²) >= 11 is 0. The van der Waals surface area contributed by atoms with Gasteiger partial charge in [-0.1, -0.05) is 13.8 Å². The van der Waals surface area contributed by atoms with Crippen molar-refractivity contribution in [2.75, 3.05) is 26.8 Å². The second-order valence-electron chi connectivity index (χ2n) is 4.85. The van der Waals surface area contributed by atoms with E-state index in [1.165, 1.54) is 25.8 Å². The Hall–Kier alpha value is -0.120. The summed E-state index contributed by atoms with van der Waals surface area (Å²) in [5.41, 5.74) is 0. The number of nitrogens with one attached hydrogen (secondary N) is 2. The van der Waals surface area contributed by atoms with Crippen LogP contribution in [0.5, 0.6) is 0 Å². The molecule has 2 N–H and O–H groups in total. The van der Waals surface area contributed by atoms with Gasteiger partial charge in [-0.2, -0.15) is 0 Å². The van der Waals surface area contributed by atoms with E-state index in [0.717, 1.165) is 13.2 Å². The van der Waals surface area contributed by atoms with Crippen molar-refractivity contribution in [3.63, 3.8) is 0 Å². The summed E-state index contributed by atoms with van der Waals surface area (Å²) in [5, 5.41) is 7.17. The van der Waals surface area contributed by atoms with Crippen LogP contribution < -0.4 is 10.6 Å². The fourth-order valence-corrected chi connectivity index (χ4v) is 2.10. The highest BCUT2D eigenvalue weighted by atomic mass is 16.5. The Labute approximate surface area is 94.0 Å². The van der Waals surface area contributed by atoms with Gasteiger partial charge in [0.15, 0.2) is 0 Å². The molecule has 3 heteroatoms. The Balaban J connectivity index is 2.34. The highest BCUT2D eigenvalue weighted by Crippen LogP contribution is 2.10. The van der Waals surface area contributed by atoms with Gasteiger partial charge in [0.05, 0.1) is 6.61 Å². The smallest absolute Gasteiger partial charge is 0.0618 e. The first-order valence-electron chi connectivity index (χ1n) is 6.19. The fourth-order valence-electron chi connectivity index (χ4n) is 2.10. The van der Waals surface area contributed by atoms with Gasteiger partial charge in [-0.3, -0.25) is 0 Å². The minimum Gasteiger partial charge on any atom is -0.383 e. The average molecular weight is 214 g/mol. The second kappa shape index (κ2) is 7.20. The predicted octanol–water partition coefficient (Wildman–Crippen LogP) is 1.39. The molecule has 0 aromatic heterocycles. The van der Waals surface area contributed by atoms with E-state index in [0.29, 0.717) is 18.0 Å². The summed E-state index contributed by atoms with van der Waals surface area (Å²) < 4.78 is 5.26. The number of hydrogen-bond acceptors (Lipinski definition) is 3. The molecule has 0 saturated carbocycles. The lowest BCUT2D eigenvalue weighted by molar-refractivity contribution is 0.138. The molecule has 1 fully saturated rings. The van der Waals surface area contributed by atoms with Crippen LogP contribution in [-0.2, 0) is 4.74 Å². The minimum absolute atomic E-state index is 0.498. The quantitative estimate of drug-likeness (QED) is 0.725. The van der Waals surface area contributed by atoms with Crippen LogP contribution in [0.25, 0.3) is 0 Å². The zero-order valence-electron chi connectivity index (χ0n) is 10.4. The normalized spacial score (nSPS) is 25.2. The van der Waals surface area contributed by atoms with Crippen molar-refractivity contribution < 1.29 is 4.74 Å². The molecule has 1 rings (SSSR count). The first-order valence-corrected chi connectivity index (χ1v) is 6.19. The van der Waals surface area contributed by atoms with Crippen LogP contribution in [0.3, 0.4) is 0 Å². The van der Waals surface area contributed by atoms with Gasteiger partial charge in [0.2, 0.25) is 0 Å². The zero-order valence-corrected chi connectivity index (χ0v) is 10.4. The molecule has 0 spiro atoms. The van der Waals surface area contributed by atoms with Crippen molar-refractivity contribution in [1.82, 2.24) is 10.6 Å². The zero-order chi connectivity index (χ0) is 11.1. The molecular weight excluding hydrogens is 188 g/mol.